The van der Waals surface area contributed by atoms with Gasteiger partial charge in [-0.1, -0.05) is 42.5 Å². The van der Waals surface area contributed by atoms with E-state index in [-0.39, 0.29) is 0 Å². The number of hydrogen-bond acceptors (Lipinski definition) is 2. The molecular formula is C18H18N2. The van der Waals surface area contributed by atoms with E-state index < -0.39 is 0 Å². The highest BCUT2D eigenvalue weighted by molar-refractivity contribution is 5.85. The summed E-state index contributed by atoms with van der Waals surface area (Å²) < 4.78 is 0. The molecule has 2 nitrogen and oxygen atoms in total. The highest BCUT2D eigenvalue weighted by Gasteiger charge is 2.01. The minimum absolute atomic E-state index is 0.796. The third-order valence-corrected chi connectivity index (χ3v) is 3.46. The lowest BCUT2D eigenvalue weighted by molar-refractivity contribution is 1.17. The van der Waals surface area contributed by atoms with E-state index >= 15 is 0 Å². The average molecular weight is 262 g/mol. The van der Waals surface area contributed by atoms with Gasteiger partial charge in [-0.05, 0) is 47.0 Å². The van der Waals surface area contributed by atoms with Crippen molar-refractivity contribution in [3.05, 3.63) is 71.8 Å². The number of nitrogen functional groups attached to an aromatic ring is 1. The summed E-state index contributed by atoms with van der Waals surface area (Å²) in [7, 11) is 0. The standard InChI is InChI=1S/C18H18N2/c1-13-9-16(19)11-17(10-13)20-12-15-7-4-6-14-5-2-3-8-18(14)15/h2-11,20H,12,19H2,1H3. The number of hydrogen-bond donors (Lipinski definition) is 2. The van der Waals surface area contributed by atoms with Crippen molar-refractivity contribution in [3.8, 4) is 0 Å². The molecule has 0 saturated heterocycles. The van der Waals surface area contributed by atoms with Crippen LogP contribution in [0, 0.1) is 6.92 Å². The Hall–Kier alpha value is -2.48. The van der Waals surface area contributed by atoms with Crippen LogP contribution in [0.1, 0.15) is 11.1 Å². The monoisotopic (exact) mass is 262 g/mol. The third-order valence-electron chi connectivity index (χ3n) is 3.46. The van der Waals surface area contributed by atoms with Crippen LogP contribution >= 0.6 is 0 Å². The van der Waals surface area contributed by atoms with Gasteiger partial charge >= 0.3 is 0 Å². The number of nitrogens with one attached hydrogen (secondary N) is 1. The predicted octanol–water partition coefficient (Wildman–Crippen LogP) is 4.34. The van der Waals surface area contributed by atoms with E-state index in [2.05, 4.69) is 60.8 Å². The first-order valence-electron chi connectivity index (χ1n) is 6.80. The molecule has 0 unspecified atom stereocenters. The summed E-state index contributed by atoms with van der Waals surface area (Å²) in [6, 6.07) is 20.9. The van der Waals surface area contributed by atoms with Crippen molar-refractivity contribution in [2.75, 3.05) is 11.1 Å². The molecule has 100 valence electrons. The molecule has 3 rings (SSSR count). The van der Waals surface area contributed by atoms with Crippen molar-refractivity contribution >= 4 is 22.1 Å². The molecule has 0 amide bonds. The number of benzene rings is 3. The quantitative estimate of drug-likeness (QED) is 0.689. The average Bonchev–Trinajstić information content (AvgIpc) is 2.44. The van der Waals surface area contributed by atoms with Gasteiger partial charge in [0.05, 0.1) is 0 Å². The van der Waals surface area contributed by atoms with E-state index in [1.165, 1.54) is 21.9 Å². The van der Waals surface area contributed by atoms with E-state index in [9.17, 15) is 0 Å². The zero-order valence-corrected chi connectivity index (χ0v) is 11.6. The van der Waals surface area contributed by atoms with Gasteiger partial charge in [-0.25, -0.2) is 0 Å². The van der Waals surface area contributed by atoms with E-state index in [1.807, 2.05) is 12.1 Å². The van der Waals surface area contributed by atoms with Crippen LogP contribution in [0.4, 0.5) is 11.4 Å². The molecule has 3 aromatic rings. The van der Waals surface area contributed by atoms with Gasteiger partial charge in [0.2, 0.25) is 0 Å². The Kier molecular flexibility index (Phi) is 3.30. The smallest absolute Gasteiger partial charge is 0.0406 e. The lowest BCUT2D eigenvalue weighted by Crippen LogP contribution is -2.01. The number of anilines is 2. The number of nitrogens with two attached hydrogens (primary N) is 1. The zero-order chi connectivity index (χ0) is 13.9. The maximum Gasteiger partial charge on any atom is 0.0406 e. The second-order valence-corrected chi connectivity index (χ2v) is 5.12. The molecule has 20 heavy (non-hydrogen) atoms. The molecule has 0 saturated carbocycles. The number of aryl methyl sites for hydroxylation is 1. The van der Waals surface area contributed by atoms with Gasteiger partial charge in [0, 0.05) is 17.9 Å². The van der Waals surface area contributed by atoms with Gasteiger partial charge < -0.3 is 11.1 Å². The maximum absolute atomic E-state index is 5.88. The Morgan fingerprint density at radius 2 is 1.75 bits per heavy atom. The summed E-state index contributed by atoms with van der Waals surface area (Å²) in [6.45, 7) is 2.85. The predicted molar refractivity (Wildman–Crippen MR) is 86.9 cm³/mol. The Balaban J connectivity index is 1.87. The van der Waals surface area contributed by atoms with Gasteiger partial charge in [-0.3, -0.25) is 0 Å². The van der Waals surface area contributed by atoms with E-state index in [0.717, 1.165) is 17.9 Å². The van der Waals surface area contributed by atoms with Gasteiger partial charge in [0.1, 0.15) is 0 Å². The summed E-state index contributed by atoms with van der Waals surface area (Å²) in [5, 5.41) is 6.02. The fourth-order valence-electron chi connectivity index (χ4n) is 2.56. The SMILES string of the molecule is Cc1cc(N)cc(NCc2cccc3ccccc23)c1. The van der Waals surface area contributed by atoms with Crippen molar-refractivity contribution in [2.24, 2.45) is 0 Å². The molecule has 0 aromatic heterocycles. The van der Waals surface area contributed by atoms with Gasteiger partial charge in [0.25, 0.3) is 0 Å². The molecule has 0 heterocycles. The summed E-state index contributed by atoms with van der Waals surface area (Å²) in [4.78, 5) is 0. The zero-order valence-electron chi connectivity index (χ0n) is 11.6. The Labute approximate surface area is 119 Å². The van der Waals surface area contributed by atoms with Crippen LogP contribution in [-0.4, -0.2) is 0 Å². The second-order valence-electron chi connectivity index (χ2n) is 5.12. The van der Waals surface area contributed by atoms with Crippen LogP contribution < -0.4 is 11.1 Å². The minimum Gasteiger partial charge on any atom is -0.399 e. The van der Waals surface area contributed by atoms with Crippen LogP contribution in [0.2, 0.25) is 0 Å². The lowest BCUT2D eigenvalue weighted by atomic mass is 10.0. The first-order chi connectivity index (χ1) is 9.72. The number of rotatable bonds is 3. The molecule has 0 aliphatic carbocycles. The van der Waals surface area contributed by atoms with Crippen molar-refractivity contribution in [1.29, 1.82) is 0 Å². The first-order valence-corrected chi connectivity index (χ1v) is 6.80. The van der Waals surface area contributed by atoms with Crippen molar-refractivity contribution in [3.63, 3.8) is 0 Å². The van der Waals surface area contributed by atoms with E-state index in [4.69, 9.17) is 5.73 Å². The Morgan fingerprint density at radius 3 is 2.60 bits per heavy atom. The van der Waals surface area contributed by atoms with Crippen molar-refractivity contribution < 1.29 is 0 Å². The molecule has 0 bridgehead atoms. The fraction of sp³-hybridized carbons (Fsp3) is 0.111. The Bertz CT molecular complexity index is 722. The van der Waals surface area contributed by atoms with E-state index in [0.29, 0.717) is 0 Å². The molecule has 3 N–H and O–H groups in total. The Morgan fingerprint density at radius 1 is 0.950 bits per heavy atom. The fourth-order valence-corrected chi connectivity index (χ4v) is 2.56. The van der Waals surface area contributed by atoms with Crippen molar-refractivity contribution in [2.45, 2.75) is 13.5 Å². The molecule has 0 aliphatic rings. The summed E-state index contributed by atoms with van der Waals surface area (Å²) in [6.07, 6.45) is 0. The topological polar surface area (TPSA) is 38.0 Å². The molecule has 0 radical (unpaired) electrons. The van der Waals surface area contributed by atoms with Crippen LogP contribution in [0.3, 0.4) is 0 Å². The van der Waals surface area contributed by atoms with Crippen LogP contribution in [-0.2, 0) is 6.54 Å². The van der Waals surface area contributed by atoms with Crippen molar-refractivity contribution in [1.82, 2.24) is 0 Å². The summed E-state index contributed by atoms with van der Waals surface area (Å²) >= 11 is 0. The molecule has 2 heteroatoms. The van der Waals surface area contributed by atoms with Gasteiger partial charge in [-0.15, -0.1) is 0 Å². The van der Waals surface area contributed by atoms with Gasteiger partial charge in [0.15, 0.2) is 0 Å². The summed E-state index contributed by atoms with van der Waals surface area (Å²) in [5.41, 5.74) is 10.2. The van der Waals surface area contributed by atoms with Crippen LogP contribution in [0.5, 0.6) is 0 Å². The van der Waals surface area contributed by atoms with Gasteiger partial charge in [-0.2, -0.15) is 0 Å². The first kappa shape index (κ1) is 12.5. The molecular weight excluding hydrogens is 244 g/mol. The molecule has 0 aliphatic heterocycles. The lowest BCUT2D eigenvalue weighted by Gasteiger charge is -2.11. The van der Waals surface area contributed by atoms with Crippen LogP contribution in [0.25, 0.3) is 10.8 Å². The molecule has 0 spiro atoms. The van der Waals surface area contributed by atoms with Crippen LogP contribution in [0.15, 0.2) is 60.7 Å². The highest BCUT2D eigenvalue weighted by atomic mass is 14.9. The second kappa shape index (κ2) is 5.25. The minimum atomic E-state index is 0.796. The normalized spacial score (nSPS) is 10.7. The van der Waals surface area contributed by atoms with E-state index in [1.54, 1.807) is 0 Å². The third kappa shape index (κ3) is 2.59. The molecule has 0 atom stereocenters. The molecule has 0 fully saturated rings. The maximum atomic E-state index is 5.88. The largest absolute Gasteiger partial charge is 0.399 e. The number of fused-ring (bicyclic) bond motifs is 1. The summed E-state index contributed by atoms with van der Waals surface area (Å²) in [5.74, 6) is 0. The molecule has 3 aromatic carbocycles. The highest BCUT2D eigenvalue weighted by Crippen LogP contribution is 2.21.